The Hall–Kier alpha value is -1.61. The average Bonchev–Trinajstić information content (AvgIpc) is 2.48. The number of nitrogens with one attached hydrogen (secondary N) is 1. The molecule has 3 heteroatoms. The first kappa shape index (κ1) is 12.4. The van der Waals surface area contributed by atoms with Gasteiger partial charge in [0.1, 0.15) is 6.10 Å². The zero-order valence-electron chi connectivity index (χ0n) is 11.3. The van der Waals surface area contributed by atoms with Crippen molar-refractivity contribution in [3.05, 3.63) is 36.5 Å². The van der Waals surface area contributed by atoms with Crippen LogP contribution in [0.3, 0.4) is 0 Å². The van der Waals surface area contributed by atoms with Crippen LogP contribution in [0.1, 0.15) is 25.7 Å². The molecule has 1 N–H and O–H groups in total. The SMILES string of the molecule is CNC1CCCCC1Oc1nccc2ccccc12. The molecular weight excluding hydrogens is 236 g/mol. The Labute approximate surface area is 114 Å². The van der Waals surface area contributed by atoms with Crippen molar-refractivity contribution in [2.24, 2.45) is 0 Å². The van der Waals surface area contributed by atoms with Gasteiger partial charge in [0.15, 0.2) is 0 Å². The van der Waals surface area contributed by atoms with Crippen molar-refractivity contribution < 1.29 is 4.74 Å². The average molecular weight is 256 g/mol. The predicted molar refractivity (Wildman–Crippen MR) is 77.5 cm³/mol. The molecule has 1 aliphatic rings. The Morgan fingerprint density at radius 3 is 2.89 bits per heavy atom. The molecule has 1 heterocycles. The smallest absolute Gasteiger partial charge is 0.221 e. The van der Waals surface area contributed by atoms with Crippen LogP contribution in [-0.2, 0) is 0 Å². The Bertz CT molecular complexity index is 550. The molecule has 100 valence electrons. The number of rotatable bonds is 3. The molecule has 19 heavy (non-hydrogen) atoms. The minimum Gasteiger partial charge on any atom is -0.472 e. The van der Waals surface area contributed by atoms with E-state index in [1.807, 2.05) is 31.4 Å². The highest BCUT2D eigenvalue weighted by molar-refractivity contribution is 5.86. The van der Waals surface area contributed by atoms with Crippen LogP contribution in [0.15, 0.2) is 36.5 Å². The standard InChI is InChI=1S/C16H20N2O/c1-17-14-8-4-5-9-15(14)19-16-13-7-3-2-6-12(13)10-11-18-16/h2-3,6-7,10-11,14-15,17H,4-5,8-9H2,1H3. The zero-order valence-corrected chi connectivity index (χ0v) is 11.3. The molecule has 1 aromatic carbocycles. The molecule has 2 atom stereocenters. The molecule has 2 aromatic rings. The number of likely N-dealkylation sites (N-methyl/N-ethyl adjacent to an activating group) is 1. The molecule has 0 aliphatic heterocycles. The summed E-state index contributed by atoms with van der Waals surface area (Å²) in [4.78, 5) is 4.42. The van der Waals surface area contributed by atoms with E-state index >= 15 is 0 Å². The molecule has 1 saturated carbocycles. The van der Waals surface area contributed by atoms with Crippen LogP contribution in [0.5, 0.6) is 5.88 Å². The number of ether oxygens (including phenoxy) is 1. The molecule has 3 rings (SSSR count). The van der Waals surface area contributed by atoms with Crippen LogP contribution >= 0.6 is 0 Å². The second-order valence-corrected chi connectivity index (χ2v) is 5.17. The van der Waals surface area contributed by atoms with Crippen molar-refractivity contribution in [2.45, 2.75) is 37.8 Å². The van der Waals surface area contributed by atoms with E-state index in [4.69, 9.17) is 4.74 Å². The largest absolute Gasteiger partial charge is 0.472 e. The van der Waals surface area contributed by atoms with Crippen molar-refractivity contribution >= 4 is 10.8 Å². The summed E-state index contributed by atoms with van der Waals surface area (Å²) in [6.45, 7) is 0. The molecule has 2 unspecified atom stereocenters. The predicted octanol–water partition coefficient (Wildman–Crippen LogP) is 3.14. The Morgan fingerprint density at radius 2 is 2.00 bits per heavy atom. The van der Waals surface area contributed by atoms with Gasteiger partial charge in [-0.15, -0.1) is 0 Å². The molecule has 0 amide bonds. The number of hydrogen-bond acceptors (Lipinski definition) is 3. The van der Waals surface area contributed by atoms with Crippen molar-refractivity contribution in [1.82, 2.24) is 10.3 Å². The minimum absolute atomic E-state index is 0.233. The monoisotopic (exact) mass is 256 g/mol. The van der Waals surface area contributed by atoms with Gasteiger partial charge < -0.3 is 10.1 Å². The van der Waals surface area contributed by atoms with Crippen molar-refractivity contribution in [2.75, 3.05) is 7.05 Å². The van der Waals surface area contributed by atoms with Gasteiger partial charge in [0.25, 0.3) is 0 Å². The van der Waals surface area contributed by atoms with E-state index in [1.165, 1.54) is 24.6 Å². The number of aromatic nitrogens is 1. The first-order valence-electron chi connectivity index (χ1n) is 7.06. The van der Waals surface area contributed by atoms with E-state index in [0.29, 0.717) is 6.04 Å². The van der Waals surface area contributed by atoms with Gasteiger partial charge in [0.05, 0.1) is 0 Å². The number of hydrogen-bond donors (Lipinski definition) is 1. The lowest BCUT2D eigenvalue weighted by Crippen LogP contribution is -2.43. The second-order valence-electron chi connectivity index (χ2n) is 5.17. The van der Waals surface area contributed by atoms with Crippen molar-refractivity contribution in [3.8, 4) is 5.88 Å². The number of fused-ring (bicyclic) bond motifs is 1. The molecule has 3 nitrogen and oxygen atoms in total. The third kappa shape index (κ3) is 2.56. The van der Waals surface area contributed by atoms with Gasteiger partial charge in [-0.25, -0.2) is 4.98 Å². The normalized spacial score (nSPS) is 23.4. The zero-order chi connectivity index (χ0) is 13.1. The summed E-state index contributed by atoms with van der Waals surface area (Å²) in [5.74, 6) is 0.769. The van der Waals surface area contributed by atoms with Crippen LogP contribution in [0, 0.1) is 0 Å². The lowest BCUT2D eigenvalue weighted by Gasteiger charge is -2.31. The molecule has 0 radical (unpaired) electrons. The summed E-state index contributed by atoms with van der Waals surface area (Å²) in [6, 6.07) is 10.7. The number of pyridine rings is 1. The lowest BCUT2D eigenvalue weighted by molar-refractivity contribution is 0.115. The fourth-order valence-corrected chi connectivity index (χ4v) is 2.90. The fourth-order valence-electron chi connectivity index (χ4n) is 2.90. The second kappa shape index (κ2) is 5.57. The van der Waals surface area contributed by atoms with Crippen LogP contribution < -0.4 is 10.1 Å². The maximum atomic E-state index is 6.20. The van der Waals surface area contributed by atoms with Crippen LogP contribution in [0.25, 0.3) is 10.8 Å². The summed E-state index contributed by atoms with van der Waals surface area (Å²) >= 11 is 0. The summed E-state index contributed by atoms with van der Waals surface area (Å²) in [6.07, 6.45) is 6.89. The summed E-state index contributed by atoms with van der Waals surface area (Å²) in [5, 5.41) is 5.66. The highest BCUT2D eigenvalue weighted by Gasteiger charge is 2.26. The topological polar surface area (TPSA) is 34.1 Å². The quantitative estimate of drug-likeness (QED) is 0.916. The van der Waals surface area contributed by atoms with E-state index in [1.54, 1.807) is 0 Å². The number of nitrogens with zero attached hydrogens (tertiary/aromatic N) is 1. The summed E-state index contributed by atoms with van der Waals surface area (Å²) in [7, 11) is 2.02. The maximum Gasteiger partial charge on any atom is 0.221 e. The Morgan fingerprint density at radius 1 is 1.16 bits per heavy atom. The van der Waals surface area contributed by atoms with Gasteiger partial charge in [-0.1, -0.05) is 24.6 Å². The molecule has 0 saturated heterocycles. The Kier molecular flexibility index (Phi) is 3.65. The lowest BCUT2D eigenvalue weighted by atomic mass is 9.92. The molecule has 1 fully saturated rings. The van der Waals surface area contributed by atoms with E-state index < -0.39 is 0 Å². The highest BCUT2D eigenvalue weighted by atomic mass is 16.5. The van der Waals surface area contributed by atoms with Gasteiger partial charge in [-0.2, -0.15) is 0 Å². The molecule has 1 aromatic heterocycles. The molecule has 0 bridgehead atoms. The molecular formula is C16H20N2O. The third-order valence-corrected chi connectivity index (χ3v) is 3.97. The van der Waals surface area contributed by atoms with Crippen molar-refractivity contribution in [1.29, 1.82) is 0 Å². The fraction of sp³-hybridized carbons (Fsp3) is 0.438. The van der Waals surface area contributed by atoms with Crippen molar-refractivity contribution in [3.63, 3.8) is 0 Å². The molecule has 1 aliphatic carbocycles. The van der Waals surface area contributed by atoms with Gasteiger partial charge in [0, 0.05) is 17.6 Å². The first-order valence-corrected chi connectivity index (χ1v) is 7.06. The van der Waals surface area contributed by atoms with E-state index in [0.717, 1.165) is 17.7 Å². The first-order chi connectivity index (χ1) is 9.38. The van der Waals surface area contributed by atoms with Crippen LogP contribution in [0.2, 0.25) is 0 Å². The number of benzene rings is 1. The highest BCUT2D eigenvalue weighted by Crippen LogP contribution is 2.27. The minimum atomic E-state index is 0.233. The van der Waals surface area contributed by atoms with Gasteiger partial charge in [0.2, 0.25) is 5.88 Å². The molecule has 0 spiro atoms. The maximum absolute atomic E-state index is 6.20. The third-order valence-electron chi connectivity index (χ3n) is 3.97. The van der Waals surface area contributed by atoms with E-state index in [-0.39, 0.29) is 6.10 Å². The van der Waals surface area contributed by atoms with Gasteiger partial charge >= 0.3 is 0 Å². The summed E-state index contributed by atoms with van der Waals surface area (Å²) < 4.78 is 6.20. The van der Waals surface area contributed by atoms with Crippen LogP contribution in [0.4, 0.5) is 0 Å². The van der Waals surface area contributed by atoms with Crippen LogP contribution in [-0.4, -0.2) is 24.2 Å². The van der Waals surface area contributed by atoms with Gasteiger partial charge in [-0.3, -0.25) is 0 Å². The van der Waals surface area contributed by atoms with E-state index in [2.05, 4.69) is 22.4 Å². The summed E-state index contributed by atoms with van der Waals surface area (Å²) in [5.41, 5.74) is 0. The Balaban J connectivity index is 1.88. The van der Waals surface area contributed by atoms with Gasteiger partial charge in [-0.05, 0) is 43.8 Å². The van der Waals surface area contributed by atoms with E-state index in [9.17, 15) is 0 Å².